The van der Waals surface area contributed by atoms with Gasteiger partial charge in [-0.05, 0) is 36.4 Å². The lowest BCUT2D eigenvalue weighted by Crippen LogP contribution is -2.49. The molecule has 0 N–H and O–H groups in total. The minimum Gasteiger partial charge on any atom is -0.495 e. The maximum atomic E-state index is 14.9. The Hall–Kier alpha value is -3.93. The highest BCUT2D eigenvalue weighted by atomic mass is 35.5. The highest BCUT2D eigenvalue weighted by Gasteiger charge is 2.26. The van der Waals surface area contributed by atoms with Crippen molar-refractivity contribution in [1.82, 2.24) is 24.6 Å². The lowest BCUT2D eigenvalue weighted by Gasteiger charge is -2.36. The summed E-state index contributed by atoms with van der Waals surface area (Å²) in [7, 11) is 1.67. The molecule has 42 heavy (non-hydrogen) atoms. The van der Waals surface area contributed by atoms with E-state index >= 15 is 0 Å². The number of rotatable bonds is 8. The van der Waals surface area contributed by atoms with Crippen LogP contribution in [0.1, 0.15) is 15.5 Å². The van der Waals surface area contributed by atoms with Gasteiger partial charge in [-0.1, -0.05) is 59.8 Å². The summed E-state index contributed by atoms with van der Waals surface area (Å²) in [4.78, 5) is 22.0. The smallest absolute Gasteiger partial charge is 0.273 e. The number of ether oxygens (including phenoxy) is 1. The molecule has 0 saturated carbocycles. The fraction of sp³-hybridized carbons (Fsp3) is 0.200. The van der Waals surface area contributed by atoms with Crippen molar-refractivity contribution in [1.29, 1.82) is 0 Å². The standard InChI is InChI=1S/C30H26ClFN6O2S2/c1-40-26-13-7-6-12-25(26)36-14-16-37(17-15-36)29(39)23-18-41-27(33-23)19-42-30-35-34-28(20-8-2-3-9-21(20)31)38(30)24-11-5-4-10-22(24)32/h2-13,18H,14-17,19H2,1H3. The fourth-order valence-corrected chi connectivity index (χ4v) is 6.79. The van der Waals surface area contributed by atoms with Crippen molar-refractivity contribution < 1.29 is 13.9 Å². The summed E-state index contributed by atoms with van der Waals surface area (Å²) in [6.07, 6.45) is 0. The van der Waals surface area contributed by atoms with Gasteiger partial charge in [0.25, 0.3) is 5.91 Å². The van der Waals surface area contributed by atoms with Crippen LogP contribution in [0.3, 0.4) is 0 Å². The van der Waals surface area contributed by atoms with Gasteiger partial charge in [-0.2, -0.15) is 0 Å². The van der Waals surface area contributed by atoms with Crippen LogP contribution in [0.4, 0.5) is 10.1 Å². The molecule has 1 saturated heterocycles. The third-order valence-corrected chi connectivity index (χ3v) is 9.23. The van der Waals surface area contributed by atoms with Crippen LogP contribution in [0, 0.1) is 5.82 Å². The summed E-state index contributed by atoms with van der Waals surface area (Å²) in [5.41, 5.74) is 2.42. The topological polar surface area (TPSA) is 76.4 Å². The number of hydrogen-bond donors (Lipinski definition) is 0. The van der Waals surface area contributed by atoms with Crippen LogP contribution >= 0.6 is 34.7 Å². The lowest BCUT2D eigenvalue weighted by molar-refractivity contribution is 0.0741. The van der Waals surface area contributed by atoms with Crippen LogP contribution in [0.2, 0.25) is 5.02 Å². The number of carbonyl (C=O) groups excluding carboxylic acids is 1. The number of carbonyl (C=O) groups is 1. The van der Waals surface area contributed by atoms with Crippen molar-refractivity contribution in [2.75, 3.05) is 38.2 Å². The van der Waals surface area contributed by atoms with E-state index in [1.807, 2.05) is 47.4 Å². The Morgan fingerprint density at radius 2 is 1.69 bits per heavy atom. The molecule has 0 bridgehead atoms. The number of hydrogen-bond acceptors (Lipinski definition) is 8. The number of thiazole rings is 1. The van der Waals surface area contributed by atoms with E-state index in [2.05, 4.69) is 20.1 Å². The zero-order chi connectivity index (χ0) is 29.1. The molecule has 0 unspecified atom stereocenters. The van der Waals surface area contributed by atoms with Crippen molar-refractivity contribution in [3.8, 4) is 22.8 Å². The Morgan fingerprint density at radius 3 is 2.45 bits per heavy atom. The zero-order valence-electron chi connectivity index (χ0n) is 22.6. The average molecular weight is 621 g/mol. The number of piperazine rings is 1. The molecule has 6 rings (SSSR count). The number of benzene rings is 3. The second kappa shape index (κ2) is 12.5. The Morgan fingerprint density at radius 1 is 0.976 bits per heavy atom. The molecule has 2 aromatic heterocycles. The number of para-hydroxylation sites is 3. The number of anilines is 1. The molecule has 0 radical (unpaired) electrons. The molecule has 1 aliphatic heterocycles. The molecule has 5 aromatic rings. The summed E-state index contributed by atoms with van der Waals surface area (Å²) >= 11 is 9.24. The number of nitrogens with zero attached hydrogens (tertiary/aromatic N) is 6. The van der Waals surface area contributed by atoms with Gasteiger partial charge < -0.3 is 14.5 Å². The summed E-state index contributed by atoms with van der Waals surface area (Å²) in [6.45, 7) is 2.60. The molecule has 214 valence electrons. The van der Waals surface area contributed by atoms with Crippen LogP contribution in [-0.2, 0) is 5.75 Å². The van der Waals surface area contributed by atoms with Crippen molar-refractivity contribution in [2.45, 2.75) is 10.9 Å². The van der Waals surface area contributed by atoms with E-state index < -0.39 is 5.82 Å². The van der Waals surface area contributed by atoms with Gasteiger partial charge in [0, 0.05) is 37.1 Å². The Bertz CT molecular complexity index is 1720. The van der Waals surface area contributed by atoms with E-state index in [-0.39, 0.29) is 5.91 Å². The number of methoxy groups -OCH3 is 1. The van der Waals surface area contributed by atoms with Crippen molar-refractivity contribution in [3.05, 3.63) is 99.7 Å². The first kappa shape index (κ1) is 28.2. The molecular weight excluding hydrogens is 595 g/mol. The molecule has 0 aliphatic carbocycles. The van der Waals surface area contributed by atoms with Gasteiger partial charge in [0.15, 0.2) is 11.0 Å². The van der Waals surface area contributed by atoms with Crippen LogP contribution in [0.15, 0.2) is 83.3 Å². The minimum atomic E-state index is -0.402. The number of aromatic nitrogens is 4. The second-order valence-electron chi connectivity index (χ2n) is 9.44. The fourth-order valence-electron chi connectivity index (χ4n) is 4.84. The Balaban J connectivity index is 1.16. The average Bonchev–Trinajstić information content (AvgIpc) is 3.68. The van der Waals surface area contributed by atoms with Crippen molar-refractivity contribution >= 4 is 46.3 Å². The zero-order valence-corrected chi connectivity index (χ0v) is 25.0. The summed E-state index contributed by atoms with van der Waals surface area (Å²) in [6, 6.07) is 21.6. The van der Waals surface area contributed by atoms with Gasteiger partial charge in [0.1, 0.15) is 22.3 Å². The molecule has 1 aliphatic rings. The monoisotopic (exact) mass is 620 g/mol. The van der Waals surface area contributed by atoms with Gasteiger partial charge in [0.2, 0.25) is 0 Å². The summed E-state index contributed by atoms with van der Waals surface area (Å²) in [5.74, 6) is 1.21. The molecule has 0 spiro atoms. The molecular formula is C30H26ClFN6O2S2. The first-order chi connectivity index (χ1) is 20.5. The van der Waals surface area contributed by atoms with Crippen LogP contribution in [0.5, 0.6) is 5.75 Å². The van der Waals surface area contributed by atoms with Crippen LogP contribution < -0.4 is 9.64 Å². The third kappa shape index (κ3) is 5.72. The predicted molar refractivity (Wildman–Crippen MR) is 165 cm³/mol. The summed E-state index contributed by atoms with van der Waals surface area (Å²) < 4.78 is 22.1. The Kier molecular flexibility index (Phi) is 8.41. The third-order valence-electron chi connectivity index (χ3n) is 6.93. The first-order valence-electron chi connectivity index (χ1n) is 13.2. The first-order valence-corrected chi connectivity index (χ1v) is 15.5. The molecule has 3 heterocycles. The summed E-state index contributed by atoms with van der Waals surface area (Å²) in [5, 5.41) is 12.3. The molecule has 1 amide bonds. The van der Waals surface area contributed by atoms with Crippen LogP contribution in [-0.4, -0.2) is 63.8 Å². The van der Waals surface area contributed by atoms with E-state index in [1.54, 1.807) is 41.3 Å². The molecule has 8 nitrogen and oxygen atoms in total. The maximum absolute atomic E-state index is 14.9. The SMILES string of the molecule is COc1ccccc1N1CCN(C(=O)c2csc(CSc3nnc(-c4ccccc4Cl)n3-c3ccccc3F)n2)CC1. The van der Waals surface area contributed by atoms with Gasteiger partial charge in [-0.3, -0.25) is 9.36 Å². The van der Waals surface area contributed by atoms with Crippen molar-refractivity contribution in [2.24, 2.45) is 0 Å². The van der Waals surface area contributed by atoms with Gasteiger partial charge >= 0.3 is 0 Å². The Labute approximate surface area is 255 Å². The van der Waals surface area contributed by atoms with Crippen LogP contribution in [0.25, 0.3) is 17.1 Å². The number of halogens is 2. The molecule has 1 fully saturated rings. The van der Waals surface area contributed by atoms with E-state index in [1.165, 1.54) is 29.2 Å². The highest BCUT2D eigenvalue weighted by molar-refractivity contribution is 7.98. The number of thioether (sulfide) groups is 1. The molecule has 12 heteroatoms. The van der Waals surface area contributed by atoms with E-state index in [9.17, 15) is 9.18 Å². The molecule has 3 aromatic carbocycles. The maximum Gasteiger partial charge on any atom is 0.273 e. The van der Waals surface area contributed by atoms with E-state index in [0.717, 1.165) is 16.4 Å². The van der Waals surface area contributed by atoms with E-state index in [0.29, 0.717) is 64.9 Å². The van der Waals surface area contributed by atoms with Gasteiger partial charge in [-0.25, -0.2) is 9.37 Å². The predicted octanol–water partition coefficient (Wildman–Crippen LogP) is 6.45. The quantitative estimate of drug-likeness (QED) is 0.185. The van der Waals surface area contributed by atoms with E-state index in [4.69, 9.17) is 16.3 Å². The second-order valence-corrected chi connectivity index (χ2v) is 11.7. The minimum absolute atomic E-state index is 0.0855. The normalized spacial score (nSPS) is 13.4. The largest absolute Gasteiger partial charge is 0.495 e. The number of amides is 1. The van der Waals surface area contributed by atoms with Gasteiger partial charge in [-0.15, -0.1) is 21.5 Å². The molecule has 0 atom stereocenters. The van der Waals surface area contributed by atoms with Gasteiger partial charge in [0.05, 0.1) is 29.3 Å². The lowest BCUT2D eigenvalue weighted by atomic mass is 10.2. The van der Waals surface area contributed by atoms with Crippen molar-refractivity contribution in [3.63, 3.8) is 0 Å². The highest BCUT2D eigenvalue weighted by Crippen LogP contribution is 2.34.